The summed E-state index contributed by atoms with van der Waals surface area (Å²) in [7, 11) is 0. The zero-order chi connectivity index (χ0) is 19.3. The van der Waals surface area contributed by atoms with E-state index in [1.165, 1.54) is 6.07 Å². The molecule has 3 atom stereocenters. The van der Waals surface area contributed by atoms with E-state index in [1.54, 1.807) is 6.92 Å². The van der Waals surface area contributed by atoms with Gasteiger partial charge in [0.05, 0.1) is 10.8 Å². The predicted molar refractivity (Wildman–Crippen MR) is 84.2 cm³/mol. The first-order chi connectivity index (χ1) is 12.1. The first-order valence-corrected chi connectivity index (χ1v) is 8.01. The maximum Gasteiger partial charge on any atom is 0.439 e. The average molecular weight is 371 g/mol. The highest BCUT2D eigenvalue weighted by Gasteiger charge is 2.68. The van der Waals surface area contributed by atoms with Gasteiger partial charge in [-0.1, -0.05) is 13.0 Å². The molecule has 1 fully saturated rings. The first kappa shape index (κ1) is 18.3. The SMILES string of the molecule is C[C@@H]1CCC2=NN(C(=O)c3cccc([N+](=O)[O-])c3)[C@@](O)(C(F)(F)F)[C@@H]2C1. The Hall–Kier alpha value is -2.49. The van der Waals surface area contributed by atoms with Crippen molar-refractivity contribution in [3.8, 4) is 0 Å². The van der Waals surface area contributed by atoms with Crippen LogP contribution in [0.1, 0.15) is 36.5 Å². The summed E-state index contributed by atoms with van der Waals surface area (Å²) in [6.07, 6.45) is -4.21. The average Bonchev–Trinajstić information content (AvgIpc) is 2.88. The number of carbonyl (C=O) groups excluding carboxylic acids is 1. The van der Waals surface area contributed by atoms with Crippen LogP contribution < -0.4 is 0 Å². The van der Waals surface area contributed by atoms with Gasteiger partial charge in [0.1, 0.15) is 0 Å². The Morgan fingerprint density at radius 3 is 2.77 bits per heavy atom. The summed E-state index contributed by atoms with van der Waals surface area (Å²) in [5, 5.41) is 25.2. The molecule has 3 rings (SSSR count). The van der Waals surface area contributed by atoms with E-state index < -0.39 is 34.3 Å². The van der Waals surface area contributed by atoms with Crippen LogP contribution in [0.2, 0.25) is 0 Å². The number of hydrogen-bond donors (Lipinski definition) is 1. The van der Waals surface area contributed by atoms with Crippen LogP contribution in [0.3, 0.4) is 0 Å². The fourth-order valence-electron chi connectivity index (χ4n) is 3.49. The minimum absolute atomic E-state index is 0.0457. The molecule has 0 spiro atoms. The molecule has 26 heavy (non-hydrogen) atoms. The summed E-state index contributed by atoms with van der Waals surface area (Å²) in [5.74, 6) is -2.63. The van der Waals surface area contributed by atoms with Crippen molar-refractivity contribution in [2.75, 3.05) is 0 Å². The molecule has 0 unspecified atom stereocenters. The van der Waals surface area contributed by atoms with Crippen LogP contribution in [0, 0.1) is 22.0 Å². The van der Waals surface area contributed by atoms with Crippen LogP contribution in [0.4, 0.5) is 18.9 Å². The first-order valence-electron chi connectivity index (χ1n) is 8.01. The maximum atomic E-state index is 13.8. The minimum atomic E-state index is -5.13. The van der Waals surface area contributed by atoms with Crippen LogP contribution in [0.25, 0.3) is 0 Å². The highest BCUT2D eigenvalue weighted by Crippen LogP contribution is 2.49. The molecular formula is C16H16F3N3O4. The number of aliphatic hydroxyl groups is 1. The quantitative estimate of drug-likeness (QED) is 0.638. The Balaban J connectivity index is 2.04. The molecule has 0 aromatic heterocycles. The Kier molecular flexibility index (Phi) is 4.26. The summed E-state index contributed by atoms with van der Waals surface area (Å²) in [6, 6.07) is 4.32. The van der Waals surface area contributed by atoms with Crippen LogP contribution >= 0.6 is 0 Å². The van der Waals surface area contributed by atoms with E-state index in [1.807, 2.05) is 0 Å². The lowest BCUT2D eigenvalue weighted by molar-refractivity contribution is -0.384. The van der Waals surface area contributed by atoms with Crippen molar-refractivity contribution in [1.82, 2.24) is 5.01 Å². The second-order valence-corrected chi connectivity index (χ2v) is 6.67. The lowest BCUT2D eigenvalue weighted by atomic mass is 9.76. The smallest absolute Gasteiger partial charge is 0.362 e. The molecule has 10 heteroatoms. The van der Waals surface area contributed by atoms with Gasteiger partial charge in [0.25, 0.3) is 17.3 Å². The minimum Gasteiger partial charge on any atom is -0.362 e. The number of benzene rings is 1. The van der Waals surface area contributed by atoms with Gasteiger partial charge >= 0.3 is 6.18 Å². The molecule has 1 aromatic rings. The molecule has 1 aromatic carbocycles. The molecule has 7 nitrogen and oxygen atoms in total. The summed E-state index contributed by atoms with van der Waals surface area (Å²) in [6.45, 7) is 1.78. The molecule has 1 heterocycles. The summed E-state index contributed by atoms with van der Waals surface area (Å²) >= 11 is 0. The molecule has 0 saturated heterocycles. The fourth-order valence-corrected chi connectivity index (χ4v) is 3.49. The van der Waals surface area contributed by atoms with Gasteiger partial charge in [0.15, 0.2) is 0 Å². The van der Waals surface area contributed by atoms with E-state index in [9.17, 15) is 33.2 Å². The number of nitro benzene ring substituents is 1. The van der Waals surface area contributed by atoms with E-state index in [4.69, 9.17) is 0 Å². The van der Waals surface area contributed by atoms with Crippen molar-refractivity contribution in [3.63, 3.8) is 0 Å². The van der Waals surface area contributed by atoms with Gasteiger partial charge < -0.3 is 5.11 Å². The zero-order valence-corrected chi connectivity index (χ0v) is 13.7. The standard InChI is InChI=1S/C16H16F3N3O4/c1-9-5-6-13-12(7-9)15(24,16(17,18)19)21(20-13)14(23)10-3-2-4-11(8-10)22(25)26/h2-4,8-9,12,24H,5-7H2,1H3/t9-,12-,15+/m1/s1. The van der Waals surface area contributed by atoms with Crippen molar-refractivity contribution in [2.45, 2.75) is 38.1 Å². The van der Waals surface area contributed by atoms with Crippen molar-refractivity contribution < 1.29 is 28.0 Å². The normalized spacial score (nSPS) is 28.5. The topological polar surface area (TPSA) is 96.0 Å². The fraction of sp³-hybridized carbons (Fsp3) is 0.500. The van der Waals surface area contributed by atoms with Gasteiger partial charge in [0.2, 0.25) is 0 Å². The molecule has 1 aliphatic carbocycles. The van der Waals surface area contributed by atoms with E-state index in [0.717, 1.165) is 18.2 Å². The number of nitro groups is 1. The largest absolute Gasteiger partial charge is 0.439 e. The zero-order valence-electron chi connectivity index (χ0n) is 13.7. The number of hydrazone groups is 1. The Morgan fingerprint density at radius 2 is 2.15 bits per heavy atom. The third-order valence-corrected chi connectivity index (χ3v) is 4.88. The molecule has 0 bridgehead atoms. The van der Waals surface area contributed by atoms with Crippen molar-refractivity contribution >= 4 is 17.3 Å². The number of non-ortho nitro benzene ring substituents is 1. The molecule has 2 aliphatic rings. The number of rotatable bonds is 2. The Morgan fingerprint density at radius 1 is 1.46 bits per heavy atom. The highest BCUT2D eigenvalue weighted by molar-refractivity contribution is 5.99. The number of amides is 1. The van der Waals surface area contributed by atoms with Gasteiger partial charge in [-0.25, -0.2) is 0 Å². The van der Waals surface area contributed by atoms with Crippen LogP contribution in [-0.4, -0.2) is 38.6 Å². The summed E-state index contributed by atoms with van der Waals surface area (Å²) in [5.41, 5.74) is -4.12. The van der Waals surface area contributed by atoms with Gasteiger partial charge in [0, 0.05) is 23.4 Å². The van der Waals surface area contributed by atoms with Crippen LogP contribution in [-0.2, 0) is 0 Å². The van der Waals surface area contributed by atoms with Gasteiger partial charge in [-0.3, -0.25) is 14.9 Å². The van der Waals surface area contributed by atoms with E-state index in [2.05, 4.69) is 5.10 Å². The lowest BCUT2D eigenvalue weighted by Gasteiger charge is -2.39. The van der Waals surface area contributed by atoms with Crippen LogP contribution in [0.5, 0.6) is 0 Å². The molecule has 0 radical (unpaired) electrons. The van der Waals surface area contributed by atoms with Crippen molar-refractivity contribution in [2.24, 2.45) is 16.9 Å². The van der Waals surface area contributed by atoms with Gasteiger partial charge in [-0.05, 0) is 31.2 Å². The second-order valence-electron chi connectivity index (χ2n) is 6.67. The van der Waals surface area contributed by atoms with E-state index in [0.29, 0.717) is 6.42 Å². The number of fused-ring (bicyclic) bond motifs is 1. The van der Waals surface area contributed by atoms with Crippen molar-refractivity contribution in [1.29, 1.82) is 0 Å². The third kappa shape index (κ3) is 2.74. The number of nitrogens with zero attached hydrogens (tertiary/aromatic N) is 3. The van der Waals surface area contributed by atoms with E-state index >= 15 is 0 Å². The van der Waals surface area contributed by atoms with E-state index in [-0.39, 0.29) is 35.0 Å². The van der Waals surface area contributed by atoms with Gasteiger partial charge in [-0.2, -0.15) is 23.3 Å². The predicted octanol–water partition coefficient (Wildman–Crippen LogP) is 3.09. The van der Waals surface area contributed by atoms with Gasteiger partial charge in [-0.15, -0.1) is 0 Å². The Labute approximate surface area is 146 Å². The number of alkyl halides is 3. The van der Waals surface area contributed by atoms with Crippen molar-refractivity contribution in [3.05, 3.63) is 39.9 Å². The highest BCUT2D eigenvalue weighted by atomic mass is 19.4. The number of halogens is 3. The molecule has 1 amide bonds. The third-order valence-electron chi connectivity index (χ3n) is 4.88. The molecule has 1 aliphatic heterocycles. The lowest BCUT2D eigenvalue weighted by Crippen LogP contribution is -2.61. The summed E-state index contributed by atoms with van der Waals surface area (Å²) < 4.78 is 41.3. The number of hydrogen-bond acceptors (Lipinski definition) is 5. The maximum absolute atomic E-state index is 13.8. The summed E-state index contributed by atoms with van der Waals surface area (Å²) in [4.78, 5) is 22.7. The number of carbonyl (C=O) groups is 1. The second kappa shape index (κ2) is 6.04. The molecular weight excluding hydrogens is 355 g/mol. The molecule has 140 valence electrons. The Bertz CT molecular complexity index is 795. The molecule has 1 saturated carbocycles. The van der Waals surface area contributed by atoms with Crippen LogP contribution in [0.15, 0.2) is 29.4 Å². The monoisotopic (exact) mass is 371 g/mol. The molecule has 1 N–H and O–H groups in total.